The number of piperidine rings is 1. The number of hydrogen-bond donors (Lipinski definition) is 1. The summed E-state index contributed by atoms with van der Waals surface area (Å²) >= 11 is 1.62. The van der Waals surface area contributed by atoms with Gasteiger partial charge in [0.15, 0.2) is 0 Å². The Kier molecular flexibility index (Phi) is 3.33. The molecule has 0 radical (unpaired) electrons. The molecular weight excluding hydrogens is 222 g/mol. The van der Waals surface area contributed by atoms with Gasteiger partial charge in [-0.3, -0.25) is 4.79 Å². The van der Waals surface area contributed by atoms with Crippen LogP contribution in [0.15, 0.2) is 5.38 Å². The van der Waals surface area contributed by atoms with Crippen molar-refractivity contribution in [3.05, 3.63) is 16.1 Å². The summed E-state index contributed by atoms with van der Waals surface area (Å²) in [4.78, 5) is 17.5. The summed E-state index contributed by atoms with van der Waals surface area (Å²) in [6, 6.07) is 0. The molecule has 0 unspecified atom stereocenters. The van der Waals surface area contributed by atoms with E-state index in [0.717, 1.165) is 36.6 Å². The Labute approximate surface area is 98.8 Å². The van der Waals surface area contributed by atoms with Crippen molar-refractivity contribution in [2.24, 2.45) is 0 Å². The highest BCUT2D eigenvalue weighted by molar-refractivity contribution is 7.09. The van der Waals surface area contributed by atoms with E-state index in [9.17, 15) is 4.79 Å². The minimum Gasteiger partial charge on any atom is -0.343 e. The summed E-state index contributed by atoms with van der Waals surface area (Å²) in [6.45, 7) is 3.29. The Bertz CT molecular complexity index is 394. The van der Waals surface area contributed by atoms with Gasteiger partial charge in [0.1, 0.15) is 0 Å². The van der Waals surface area contributed by atoms with Gasteiger partial charge in [0, 0.05) is 37.5 Å². The number of carbonyl (C=O) groups is 1. The van der Waals surface area contributed by atoms with Crippen LogP contribution in [0.3, 0.4) is 0 Å². The minimum absolute atomic E-state index is 0.165. The predicted molar refractivity (Wildman–Crippen MR) is 64.2 cm³/mol. The van der Waals surface area contributed by atoms with Crippen LogP contribution in [0.5, 0.6) is 0 Å². The van der Waals surface area contributed by atoms with E-state index >= 15 is 0 Å². The van der Waals surface area contributed by atoms with E-state index in [-0.39, 0.29) is 5.91 Å². The van der Waals surface area contributed by atoms with Gasteiger partial charge >= 0.3 is 0 Å². The van der Waals surface area contributed by atoms with Gasteiger partial charge in [-0.1, -0.05) is 0 Å². The number of amides is 1. The number of likely N-dealkylation sites (tertiary alicyclic amines) is 1. The molecule has 1 saturated heterocycles. The average Bonchev–Trinajstić information content (AvgIpc) is 2.77. The third-order valence-corrected chi connectivity index (χ3v) is 4.00. The van der Waals surface area contributed by atoms with E-state index in [0.29, 0.717) is 5.92 Å². The Morgan fingerprint density at radius 2 is 2.31 bits per heavy atom. The van der Waals surface area contributed by atoms with Crippen molar-refractivity contribution >= 4 is 23.5 Å². The standard InChI is InChI=1S/C11H15N3OS/c1-8(15)14-4-2-9(3-5-14)11-13-10(6-12)7-16-11/h6-7,9,12H,2-5H2,1H3. The number of thiazole rings is 1. The molecule has 1 aromatic heterocycles. The first-order chi connectivity index (χ1) is 7.70. The fourth-order valence-electron chi connectivity index (χ4n) is 2.00. The molecule has 1 amide bonds. The summed E-state index contributed by atoms with van der Waals surface area (Å²) in [5.74, 6) is 0.632. The number of aromatic nitrogens is 1. The summed E-state index contributed by atoms with van der Waals surface area (Å²) in [5.41, 5.74) is 0.744. The Morgan fingerprint density at radius 3 is 2.81 bits per heavy atom. The SMILES string of the molecule is CC(=O)N1CCC(c2nc(C=N)cs2)CC1. The van der Waals surface area contributed by atoms with Crippen molar-refractivity contribution < 1.29 is 4.79 Å². The lowest BCUT2D eigenvalue weighted by Gasteiger charge is -2.30. The molecule has 0 aromatic carbocycles. The second-order valence-electron chi connectivity index (χ2n) is 4.04. The molecule has 0 spiro atoms. The van der Waals surface area contributed by atoms with Crippen molar-refractivity contribution in [3.8, 4) is 0 Å². The summed E-state index contributed by atoms with van der Waals surface area (Å²) in [5, 5.41) is 10.2. The highest BCUT2D eigenvalue weighted by Gasteiger charge is 2.23. The van der Waals surface area contributed by atoms with Gasteiger partial charge in [-0.05, 0) is 12.8 Å². The van der Waals surface area contributed by atoms with Crippen molar-refractivity contribution in [2.45, 2.75) is 25.7 Å². The second kappa shape index (κ2) is 4.74. The summed E-state index contributed by atoms with van der Waals surface area (Å²) in [6.07, 6.45) is 3.26. The molecule has 2 rings (SSSR count). The van der Waals surface area contributed by atoms with E-state index in [4.69, 9.17) is 5.41 Å². The van der Waals surface area contributed by atoms with Crippen LogP contribution >= 0.6 is 11.3 Å². The van der Waals surface area contributed by atoms with E-state index in [1.165, 1.54) is 6.21 Å². The first-order valence-corrected chi connectivity index (χ1v) is 6.30. The van der Waals surface area contributed by atoms with Crippen LogP contribution in [0, 0.1) is 5.41 Å². The Balaban J connectivity index is 1.98. The van der Waals surface area contributed by atoms with Crippen molar-refractivity contribution in [1.82, 2.24) is 9.88 Å². The second-order valence-corrected chi connectivity index (χ2v) is 4.92. The third-order valence-electron chi connectivity index (χ3n) is 2.98. The number of rotatable bonds is 2. The van der Waals surface area contributed by atoms with E-state index < -0.39 is 0 Å². The number of carbonyl (C=O) groups excluding carboxylic acids is 1. The molecule has 0 aliphatic carbocycles. The first kappa shape index (κ1) is 11.3. The highest BCUT2D eigenvalue weighted by Crippen LogP contribution is 2.29. The molecule has 1 aliphatic heterocycles. The molecule has 1 fully saturated rings. The van der Waals surface area contributed by atoms with Crippen LogP contribution in [-0.2, 0) is 4.79 Å². The maximum atomic E-state index is 11.2. The molecule has 1 aliphatic rings. The molecule has 16 heavy (non-hydrogen) atoms. The van der Waals surface area contributed by atoms with Crippen molar-refractivity contribution in [1.29, 1.82) is 5.41 Å². The minimum atomic E-state index is 0.165. The largest absolute Gasteiger partial charge is 0.343 e. The molecule has 2 heterocycles. The fraction of sp³-hybridized carbons (Fsp3) is 0.545. The maximum Gasteiger partial charge on any atom is 0.219 e. The molecule has 5 heteroatoms. The van der Waals surface area contributed by atoms with E-state index in [1.807, 2.05) is 10.3 Å². The Hall–Kier alpha value is -1.23. The van der Waals surface area contributed by atoms with Gasteiger partial charge in [0.25, 0.3) is 0 Å². The molecule has 0 bridgehead atoms. The molecule has 86 valence electrons. The number of hydrogen-bond acceptors (Lipinski definition) is 4. The summed E-state index contributed by atoms with van der Waals surface area (Å²) < 4.78 is 0. The normalized spacial score (nSPS) is 17.4. The molecule has 4 nitrogen and oxygen atoms in total. The zero-order valence-corrected chi connectivity index (χ0v) is 10.1. The number of nitrogens with one attached hydrogen (secondary N) is 1. The van der Waals surface area contributed by atoms with Crippen LogP contribution in [0.25, 0.3) is 0 Å². The van der Waals surface area contributed by atoms with Gasteiger partial charge in [-0.15, -0.1) is 11.3 Å². The lowest BCUT2D eigenvalue weighted by Crippen LogP contribution is -2.36. The molecule has 1 N–H and O–H groups in total. The molecular formula is C11H15N3OS. The van der Waals surface area contributed by atoms with Gasteiger partial charge in [-0.2, -0.15) is 0 Å². The summed E-state index contributed by atoms with van der Waals surface area (Å²) in [7, 11) is 0. The maximum absolute atomic E-state index is 11.2. The van der Waals surface area contributed by atoms with Crippen molar-refractivity contribution in [3.63, 3.8) is 0 Å². The fourth-order valence-corrected chi connectivity index (χ4v) is 2.94. The highest BCUT2D eigenvalue weighted by atomic mass is 32.1. The van der Waals surface area contributed by atoms with Crippen LogP contribution in [0.4, 0.5) is 0 Å². The first-order valence-electron chi connectivity index (χ1n) is 5.42. The van der Waals surface area contributed by atoms with Gasteiger partial charge in [-0.25, -0.2) is 4.98 Å². The zero-order chi connectivity index (χ0) is 11.5. The smallest absolute Gasteiger partial charge is 0.219 e. The van der Waals surface area contributed by atoms with Crippen LogP contribution in [-0.4, -0.2) is 35.1 Å². The van der Waals surface area contributed by atoms with Crippen LogP contribution in [0.2, 0.25) is 0 Å². The van der Waals surface area contributed by atoms with E-state index in [1.54, 1.807) is 18.3 Å². The van der Waals surface area contributed by atoms with Crippen LogP contribution in [0.1, 0.15) is 36.4 Å². The van der Waals surface area contributed by atoms with Crippen LogP contribution < -0.4 is 0 Å². The third kappa shape index (κ3) is 2.29. The van der Waals surface area contributed by atoms with Gasteiger partial charge in [0.2, 0.25) is 5.91 Å². The lowest BCUT2D eigenvalue weighted by atomic mass is 9.97. The average molecular weight is 237 g/mol. The lowest BCUT2D eigenvalue weighted by molar-refractivity contribution is -0.129. The molecule has 0 saturated carbocycles. The van der Waals surface area contributed by atoms with Gasteiger partial charge < -0.3 is 10.3 Å². The quantitative estimate of drug-likeness (QED) is 0.798. The Morgan fingerprint density at radius 1 is 1.62 bits per heavy atom. The number of nitrogens with zero attached hydrogens (tertiary/aromatic N) is 2. The predicted octanol–water partition coefficient (Wildman–Crippen LogP) is 1.87. The van der Waals surface area contributed by atoms with E-state index in [2.05, 4.69) is 4.98 Å². The monoisotopic (exact) mass is 237 g/mol. The molecule has 0 atom stereocenters. The van der Waals surface area contributed by atoms with Gasteiger partial charge in [0.05, 0.1) is 10.7 Å². The van der Waals surface area contributed by atoms with Crippen molar-refractivity contribution in [2.75, 3.05) is 13.1 Å². The zero-order valence-electron chi connectivity index (χ0n) is 9.27. The molecule has 1 aromatic rings. The topological polar surface area (TPSA) is 57.1 Å².